The van der Waals surface area contributed by atoms with Crippen LogP contribution in [0.1, 0.15) is 18.4 Å². The maximum Gasteiger partial charge on any atom is 0.175 e. The van der Waals surface area contributed by atoms with E-state index in [2.05, 4.69) is 20.5 Å². The van der Waals surface area contributed by atoms with Crippen LogP contribution in [0.3, 0.4) is 0 Å². The van der Waals surface area contributed by atoms with Gasteiger partial charge in [-0.1, -0.05) is 23.2 Å². The van der Waals surface area contributed by atoms with Crippen molar-refractivity contribution in [3.8, 4) is 34.0 Å². The number of nitrogens with zero attached hydrogens (tertiary/aromatic N) is 4. The second-order valence-corrected chi connectivity index (χ2v) is 9.27. The van der Waals surface area contributed by atoms with E-state index in [1.807, 2.05) is 18.0 Å². The monoisotopic (exact) mass is 516 g/mol. The topological polar surface area (TPSA) is 140 Å². The molecule has 1 saturated carbocycles. The Hall–Kier alpha value is -3.21. The normalized spacial score (nSPS) is 17.1. The second-order valence-electron chi connectivity index (χ2n) is 8.51. The van der Waals surface area contributed by atoms with E-state index >= 15 is 0 Å². The molecule has 1 atom stereocenters. The summed E-state index contributed by atoms with van der Waals surface area (Å²) >= 11 is 13.7. The van der Waals surface area contributed by atoms with Crippen molar-refractivity contribution < 1.29 is 9.47 Å². The predicted octanol–water partition coefficient (Wildman–Crippen LogP) is 3.68. The number of hydrogen-bond donors (Lipinski definition) is 4. The van der Waals surface area contributed by atoms with Crippen LogP contribution in [-0.4, -0.2) is 55.1 Å². The molecule has 184 valence electrons. The third-order valence-electron chi connectivity index (χ3n) is 6.27. The van der Waals surface area contributed by atoms with E-state index < -0.39 is 6.29 Å². The number of rotatable bonds is 7. The largest absolute Gasteiger partial charge is 0.495 e. The minimum atomic E-state index is -0.659. The molecule has 5 rings (SSSR count). The van der Waals surface area contributed by atoms with Crippen LogP contribution in [0.5, 0.6) is 11.5 Å². The van der Waals surface area contributed by atoms with Crippen LogP contribution >= 0.6 is 23.2 Å². The molecule has 6 N–H and O–H groups in total. The number of halogens is 2. The van der Waals surface area contributed by atoms with Crippen molar-refractivity contribution in [2.75, 3.05) is 38.0 Å². The number of methoxy groups -OCH3 is 2. The zero-order valence-electron chi connectivity index (χ0n) is 19.5. The summed E-state index contributed by atoms with van der Waals surface area (Å²) in [6.07, 6.45) is 3.41. The summed E-state index contributed by atoms with van der Waals surface area (Å²) in [5.74, 6) is 2.25. The number of aromatic nitrogens is 3. The Morgan fingerprint density at radius 3 is 2.40 bits per heavy atom. The average molecular weight is 517 g/mol. The lowest BCUT2D eigenvalue weighted by molar-refractivity contribution is 0.395. The number of amidine groups is 1. The fourth-order valence-electron chi connectivity index (χ4n) is 4.20. The van der Waals surface area contributed by atoms with Gasteiger partial charge >= 0.3 is 0 Å². The molecule has 1 aliphatic carbocycles. The minimum Gasteiger partial charge on any atom is -0.495 e. The number of ether oxygens (including phenoxy) is 2. The first-order valence-corrected chi connectivity index (χ1v) is 11.9. The molecule has 0 bridgehead atoms. The van der Waals surface area contributed by atoms with Gasteiger partial charge in [0.15, 0.2) is 12.1 Å². The summed E-state index contributed by atoms with van der Waals surface area (Å²) < 4.78 is 11.0. The van der Waals surface area contributed by atoms with E-state index in [1.165, 1.54) is 27.1 Å². The molecule has 2 aliphatic rings. The third kappa shape index (κ3) is 4.01. The Kier molecular flexibility index (Phi) is 6.12. The molecule has 35 heavy (non-hydrogen) atoms. The highest BCUT2D eigenvalue weighted by molar-refractivity contribution is 6.41. The van der Waals surface area contributed by atoms with Crippen molar-refractivity contribution in [3.05, 3.63) is 33.9 Å². The predicted molar refractivity (Wildman–Crippen MR) is 139 cm³/mol. The van der Waals surface area contributed by atoms with E-state index in [-0.39, 0.29) is 15.9 Å². The molecule has 0 saturated heterocycles. The Bertz CT molecular complexity index is 1280. The SMILES string of the molecule is COc1cc(OC)c(Cl)c(-c2nc(NCC3CC3)c3c(c2-c2cc[nH]n2)C(N)=NC(N)N3C)c1Cl. The maximum absolute atomic E-state index is 6.83. The van der Waals surface area contributed by atoms with Gasteiger partial charge in [-0.2, -0.15) is 5.10 Å². The van der Waals surface area contributed by atoms with Crippen LogP contribution in [0.2, 0.25) is 10.0 Å². The lowest BCUT2D eigenvalue weighted by atomic mass is 9.94. The number of nitrogens with two attached hydrogens (primary N) is 2. The molecular formula is C23H26Cl2N8O2. The minimum absolute atomic E-state index is 0.267. The standard InChI is InChI=1S/C23H26Cl2N8O2/c1-33-20-15(21(26)31-23(33)27)14(11-6-7-29-32-11)19(30-22(20)28-9-10-4-5-10)16-17(24)12(34-2)8-13(35-3)18(16)25/h6-8,10,23H,4-5,9,27H2,1-3H3,(H2,26,31)(H,28,30)(H,29,32). The third-order valence-corrected chi connectivity index (χ3v) is 7.02. The van der Waals surface area contributed by atoms with Crippen LogP contribution in [-0.2, 0) is 0 Å². The molecule has 1 unspecified atom stereocenters. The highest BCUT2D eigenvalue weighted by atomic mass is 35.5. The summed E-state index contributed by atoms with van der Waals surface area (Å²) in [6.45, 7) is 0.768. The van der Waals surface area contributed by atoms with Gasteiger partial charge in [0, 0.05) is 37.0 Å². The van der Waals surface area contributed by atoms with E-state index in [1.54, 1.807) is 12.3 Å². The van der Waals surface area contributed by atoms with Crippen molar-refractivity contribution >= 4 is 40.5 Å². The van der Waals surface area contributed by atoms with Gasteiger partial charge < -0.3 is 25.4 Å². The summed E-state index contributed by atoms with van der Waals surface area (Å²) in [7, 11) is 4.90. The lowest BCUT2D eigenvalue weighted by Crippen LogP contribution is -2.44. The second kappa shape index (κ2) is 9.10. The van der Waals surface area contributed by atoms with Crippen molar-refractivity contribution in [2.24, 2.45) is 22.4 Å². The van der Waals surface area contributed by atoms with Crippen LogP contribution < -0.4 is 31.2 Å². The number of pyridine rings is 1. The molecule has 3 heterocycles. The van der Waals surface area contributed by atoms with Crippen molar-refractivity contribution in [2.45, 2.75) is 19.1 Å². The van der Waals surface area contributed by atoms with Crippen molar-refractivity contribution in [1.29, 1.82) is 0 Å². The van der Waals surface area contributed by atoms with E-state index in [0.717, 1.165) is 12.2 Å². The van der Waals surface area contributed by atoms with Gasteiger partial charge in [0.1, 0.15) is 17.3 Å². The van der Waals surface area contributed by atoms with Gasteiger partial charge in [-0.15, -0.1) is 0 Å². The quantitative estimate of drug-likeness (QED) is 0.372. The first-order chi connectivity index (χ1) is 16.8. The number of H-pyrrole nitrogens is 1. The zero-order chi connectivity index (χ0) is 24.9. The summed E-state index contributed by atoms with van der Waals surface area (Å²) in [6, 6.07) is 3.45. The Morgan fingerprint density at radius 1 is 1.14 bits per heavy atom. The smallest absolute Gasteiger partial charge is 0.175 e. The molecular weight excluding hydrogens is 491 g/mol. The summed E-state index contributed by atoms with van der Waals surface area (Å²) in [5.41, 5.74) is 16.2. The van der Waals surface area contributed by atoms with Gasteiger partial charge in [0.05, 0.1) is 46.9 Å². The molecule has 0 amide bonds. The van der Waals surface area contributed by atoms with Crippen molar-refractivity contribution in [3.63, 3.8) is 0 Å². The van der Waals surface area contributed by atoms with Gasteiger partial charge in [-0.05, 0) is 24.8 Å². The van der Waals surface area contributed by atoms with Gasteiger partial charge in [0.25, 0.3) is 0 Å². The van der Waals surface area contributed by atoms with Crippen LogP contribution in [0, 0.1) is 5.92 Å². The number of benzene rings is 1. The van der Waals surface area contributed by atoms with E-state index in [0.29, 0.717) is 51.3 Å². The zero-order valence-corrected chi connectivity index (χ0v) is 21.0. The average Bonchev–Trinajstić information content (AvgIpc) is 3.52. The van der Waals surface area contributed by atoms with E-state index in [9.17, 15) is 0 Å². The first kappa shape index (κ1) is 23.5. The van der Waals surface area contributed by atoms with Crippen molar-refractivity contribution in [1.82, 2.24) is 15.2 Å². The molecule has 2 aromatic heterocycles. The molecule has 0 radical (unpaired) electrons. The number of anilines is 2. The fourth-order valence-corrected chi connectivity index (χ4v) is 4.88. The maximum atomic E-state index is 6.83. The van der Waals surface area contributed by atoms with E-state index in [4.69, 9.17) is 49.1 Å². The van der Waals surface area contributed by atoms with Gasteiger partial charge in [-0.25, -0.2) is 9.98 Å². The molecule has 3 aromatic rings. The molecule has 0 spiro atoms. The number of aromatic amines is 1. The number of aliphatic imine (C=N–C) groups is 1. The molecule has 1 aromatic carbocycles. The molecule has 10 nitrogen and oxygen atoms in total. The fraction of sp³-hybridized carbons (Fsp3) is 0.348. The van der Waals surface area contributed by atoms with Gasteiger partial charge in [-0.3, -0.25) is 10.8 Å². The highest BCUT2D eigenvalue weighted by Gasteiger charge is 2.34. The lowest BCUT2D eigenvalue weighted by Gasteiger charge is -2.34. The van der Waals surface area contributed by atoms with Crippen LogP contribution in [0.4, 0.5) is 11.5 Å². The Labute approximate surface area is 212 Å². The summed E-state index contributed by atoms with van der Waals surface area (Å²) in [5, 5.41) is 11.3. The van der Waals surface area contributed by atoms with Crippen LogP contribution in [0.25, 0.3) is 22.5 Å². The number of fused-ring (bicyclic) bond motifs is 1. The van der Waals surface area contributed by atoms with Crippen LogP contribution in [0.15, 0.2) is 23.3 Å². The Morgan fingerprint density at radius 2 is 1.83 bits per heavy atom. The van der Waals surface area contributed by atoms with Gasteiger partial charge in [0.2, 0.25) is 0 Å². The Balaban J connectivity index is 1.88. The molecule has 12 heteroatoms. The summed E-state index contributed by atoms with van der Waals surface area (Å²) in [4.78, 5) is 11.3. The molecule has 1 fully saturated rings. The number of nitrogens with one attached hydrogen (secondary N) is 2. The number of hydrogen-bond acceptors (Lipinski definition) is 9. The molecule has 1 aliphatic heterocycles. The highest BCUT2D eigenvalue weighted by Crippen LogP contribution is 2.51. The first-order valence-electron chi connectivity index (χ1n) is 11.1.